The Kier molecular flexibility index (Phi) is 3.30. The summed E-state index contributed by atoms with van der Waals surface area (Å²) in [6, 6.07) is 5.32. The van der Waals surface area contributed by atoms with E-state index < -0.39 is 0 Å². The van der Waals surface area contributed by atoms with Crippen LogP contribution in [0.3, 0.4) is 0 Å². The third kappa shape index (κ3) is 2.57. The van der Waals surface area contributed by atoms with E-state index in [1.807, 2.05) is 6.07 Å². The van der Waals surface area contributed by atoms with Crippen LogP contribution in [-0.4, -0.2) is 17.1 Å². The predicted molar refractivity (Wildman–Crippen MR) is 67.7 cm³/mol. The highest BCUT2D eigenvalue weighted by molar-refractivity contribution is 6.32. The van der Waals surface area contributed by atoms with E-state index in [0.29, 0.717) is 22.3 Å². The van der Waals surface area contributed by atoms with Gasteiger partial charge in [0.1, 0.15) is 12.1 Å². The van der Waals surface area contributed by atoms with E-state index in [1.54, 1.807) is 19.2 Å². The molecule has 0 bridgehead atoms. The molecule has 0 radical (unpaired) electrons. The van der Waals surface area contributed by atoms with Crippen molar-refractivity contribution in [2.75, 3.05) is 18.2 Å². The number of nitrogens with one attached hydrogen (secondary N) is 1. The highest BCUT2D eigenvalue weighted by Crippen LogP contribution is 2.29. The number of hydrogen-bond donors (Lipinski definition) is 2. The summed E-state index contributed by atoms with van der Waals surface area (Å²) in [7, 11) is 1.56. The van der Waals surface area contributed by atoms with Gasteiger partial charge in [-0.1, -0.05) is 11.6 Å². The summed E-state index contributed by atoms with van der Waals surface area (Å²) in [5, 5.41) is 3.61. The lowest BCUT2D eigenvalue weighted by Gasteiger charge is -2.09. The van der Waals surface area contributed by atoms with E-state index in [-0.39, 0.29) is 0 Å². The Bertz CT molecular complexity index is 533. The van der Waals surface area contributed by atoms with Gasteiger partial charge in [0.05, 0.1) is 24.0 Å². The van der Waals surface area contributed by atoms with Crippen molar-refractivity contribution in [1.82, 2.24) is 9.97 Å². The van der Waals surface area contributed by atoms with Gasteiger partial charge in [-0.2, -0.15) is 0 Å². The van der Waals surface area contributed by atoms with Crippen LogP contribution in [0.5, 0.6) is 5.75 Å². The molecule has 0 atom stereocenters. The Balaban J connectivity index is 2.28. The molecule has 0 unspecified atom stereocenters. The fourth-order valence-corrected chi connectivity index (χ4v) is 1.51. The number of benzene rings is 1. The molecule has 0 fully saturated rings. The van der Waals surface area contributed by atoms with Gasteiger partial charge >= 0.3 is 0 Å². The Hall–Kier alpha value is -2.01. The van der Waals surface area contributed by atoms with E-state index in [9.17, 15) is 0 Å². The molecule has 2 aromatic rings. The summed E-state index contributed by atoms with van der Waals surface area (Å²) < 4.78 is 5.12. The molecule has 0 amide bonds. The summed E-state index contributed by atoms with van der Waals surface area (Å²) in [5.41, 5.74) is 6.99. The fourth-order valence-electron chi connectivity index (χ4n) is 1.32. The molecule has 1 heterocycles. The quantitative estimate of drug-likeness (QED) is 0.875. The molecule has 0 aliphatic carbocycles. The number of aromatic nitrogens is 2. The third-order valence-corrected chi connectivity index (χ3v) is 2.47. The third-order valence-electron chi connectivity index (χ3n) is 2.15. The fraction of sp³-hybridized carbons (Fsp3) is 0.0909. The average Bonchev–Trinajstić information content (AvgIpc) is 2.34. The largest absolute Gasteiger partial charge is 0.495 e. The van der Waals surface area contributed by atoms with E-state index in [2.05, 4.69) is 15.3 Å². The maximum atomic E-state index is 5.93. The second-order valence-electron chi connectivity index (χ2n) is 3.30. The Morgan fingerprint density at radius 2 is 2.24 bits per heavy atom. The minimum Gasteiger partial charge on any atom is -0.495 e. The number of hydrogen-bond acceptors (Lipinski definition) is 5. The van der Waals surface area contributed by atoms with E-state index in [0.717, 1.165) is 5.69 Å². The molecule has 2 rings (SSSR count). The molecule has 17 heavy (non-hydrogen) atoms. The molecule has 1 aromatic carbocycles. The standard InChI is InChI=1S/C11H11ClN4O/c1-17-10-4-7(2-3-8(10)12)16-11-9(13)5-14-6-15-11/h2-6H,13H2,1H3,(H,14,15,16). The minimum atomic E-state index is 0.474. The number of anilines is 3. The summed E-state index contributed by atoms with van der Waals surface area (Å²) in [6.07, 6.45) is 2.95. The zero-order valence-electron chi connectivity index (χ0n) is 9.14. The van der Waals surface area contributed by atoms with Gasteiger partial charge in [-0.15, -0.1) is 0 Å². The molecular weight excluding hydrogens is 240 g/mol. The molecule has 0 aliphatic rings. The lowest BCUT2D eigenvalue weighted by molar-refractivity contribution is 0.415. The predicted octanol–water partition coefficient (Wildman–Crippen LogP) is 2.46. The van der Waals surface area contributed by atoms with Gasteiger partial charge in [-0.3, -0.25) is 0 Å². The van der Waals surface area contributed by atoms with Crippen LogP contribution in [0.1, 0.15) is 0 Å². The van der Waals surface area contributed by atoms with Crippen LogP contribution in [0.25, 0.3) is 0 Å². The zero-order chi connectivity index (χ0) is 12.3. The van der Waals surface area contributed by atoms with Gasteiger partial charge in [0, 0.05) is 11.8 Å². The molecule has 1 aromatic heterocycles. The average molecular weight is 251 g/mol. The van der Waals surface area contributed by atoms with Crippen molar-refractivity contribution in [2.45, 2.75) is 0 Å². The normalized spacial score (nSPS) is 10.0. The molecule has 6 heteroatoms. The minimum absolute atomic E-state index is 0.474. The molecule has 88 valence electrons. The van der Waals surface area contributed by atoms with Gasteiger partial charge in [0.15, 0.2) is 5.82 Å². The monoisotopic (exact) mass is 250 g/mol. The summed E-state index contributed by atoms with van der Waals surface area (Å²) in [5.74, 6) is 1.13. The van der Waals surface area contributed by atoms with Gasteiger partial charge < -0.3 is 15.8 Å². The van der Waals surface area contributed by atoms with Crippen molar-refractivity contribution in [3.05, 3.63) is 35.7 Å². The molecule has 0 spiro atoms. The van der Waals surface area contributed by atoms with Crippen molar-refractivity contribution in [2.24, 2.45) is 0 Å². The smallest absolute Gasteiger partial charge is 0.157 e. The van der Waals surface area contributed by atoms with Crippen molar-refractivity contribution in [3.63, 3.8) is 0 Å². The molecule has 3 N–H and O–H groups in total. The molecule has 0 saturated carbocycles. The van der Waals surface area contributed by atoms with E-state index >= 15 is 0 Å². The highest BCUT2D eigenvalue weighted by Gasteiger charge is 2.04. The molecule has 0 saturated heterocycles. The Morgan fingerprint density at radius 3 is 2.94 bits per heavy atom. The number of rotatable bonds is 3. The topological polar surface area (TPSA) is 73.1 Å². The highest BCUT2D eigenvalue weighted by atomic mass is 35.5. The lowest BCUT2D eigenvalue weighted by Crippen LogP contribution is -1.99. The van der Waals surface area contributed by atoms with Crippen LogP contribution in [0.15, 0.2) is 30.7 Å². The first kappa shape index (κ1) is 11.5. The van der Waals surface area contributed by atoms with Gasteiger partial charge in [0.25, 0.3) is 0 Å². The van der Waals surface area contributed by atoms with Crippen molar-refractivity contribution < 1.29 is 4.74 Å². The van der Waals surface area contributed by atoms with E-state index in [4.69, 9.17) is 22.1 Å². The number of methoxy groups -OCH3 is 1. The van der Waals surface area contributed by atoms with Crippen molar-refractivity contribution in [1.29, 1.82) is 0 Å². The number of ether oxygens (including phenoxy) is 1. The van der Waals surface area contributed by atoms with Crippen LogP contribution in [-0.2, 0) is 0 Å². The Labute approximate surface area is 104 Å². The van der Waals surface area contributed by atoms with Gasteiger partial charge in [0.2, 0.25) is 0 Å². The number of nitrogen functional groups attached to an aromatic ring is 1. The SMILES string of the molecule is COc1cc(Nc2ncncc2N)ccc1Cl. The van der Waals surface area contributed by atoms with Crippen LogP contribution < -0.4 is 15.8 Å². The molecular formula is C11H11ClN4O. The number of halogens is 1. The van der Waals surface area contributed by atoms with Crippen molar-refractivity contribution in [3.8, 4) is 5.75 Å². The molecule has 5 nitrogen and oxygen atoms in total. The second-order valence-corrected chi connectivity index (χ2v) is 3.71. The number of nitrogens with zero attached hydrogens (tertiary/aromatic N) is 2. The first-order chi connectivity index (χ1) is 8.20. The van der Waals surface area contributed by atoms with E-state index in [1.165, 1.54) is 12.5 Å². The maximum Gasteiger partial charge on any atom is 0.157 e. The maximum absolute atomic E-state index is 5.93. The van der Waals surface area contributed by atoms with Crippen LogP contribution in [0.2, 0.25) is 5.02 Å². The summed E-state index contributed by atoms with van der Waals surface area (Å²) in [6.45, 7) is 0. The van der Waals surface area contributed by atoms with Crippen molar-refractivity contribution >= 4 is 28.8 Å². The van der Waals surface area contributed by atoms with Crippen LogP contribution in [0, 0.1) is 0 Å². The first-order valence-electron chi connectivity index (χ1n) is 4.86. The lowest BCUT2D eigenvalue weighted by atomic mass is 10.3. The van der Waals surface area contributed by atoms with Gasteiger partial charge in [-0.05, 0) is 12.1 Å². The second kappa shape index (κ2) is 4.88. The van der Waals surface area contributed by atoms with Gasteiger partial charge in [-0.25, -0.2) is 9.97 Å². The number of nitrogens with two attached hydrogens (primary N) is 1. The summed E-state index contributed by atoms with van der Waals surface area (Å²) in [4.78, 5) is 7.84. The summed E-state index contributed by atoms with van der Waals surface area (Å²) >= 11 is 5.93. The first-order valence-corrected chi connectivity index (χ1v) is 5.24. The molecule has 0 aliphatic heterocycles. The van der Waals surface area contributed by atoms with Crippen LogP contribution in [0.4, 0.5) is 17.2 Å². The zero-order valence-corrected chi connectivity index (χ0v) is 9.90. The van der Waals surface area contributed by atoms with Crippen LogP contribution >= 0.6 is 11.6 Å². The Morgan fingerprint density at radius 1 is 1.41 bits per heavy atom.